The number of hydrogen-bond acceptors (Lipinski definition) is 7. The Labute approximate surface area is 155 Å². The highest BCUT2D eigenvalue weighted by molar-refractivity contribution is 7.98. The van der Waals surface area contributed by atoms with Gasteiger partial charge in [0, 0.05) is 10.9 Å². The molecule has 1 aliphatic rings. The van der Waals surface area contributed by atoms with Gasteiger partial charge in [-0.3, -0.25) is 4.79 Å². The molecule has 0 saturated heterocycles. The Morgan fingerprint density at radius 2 is 2.08 bits per heavy atom. The summed E-state index contributed by atoms with van der Waals surface area (Å²) >= 11 is 1.40. The number of hydrogen-bond donors (Lipinski definition) is 1. The van der Waals surface area contributed by atoms with Gasteiger partial charge >= 0.3 is 5.97 Å². The minimum Gasteiger partial charge on any atom is -0.452 e. The van der Waals surface area contributed by atoms with Crippen LogP contribution >= 0.6 is 11.8 Å². The number of nitrogens with one attached hydrogen (secondary N) is 1. The third-order valence-electron chi connectivity index (χ3n) is 4.08. The van der Waals surface area contributed by atoms with E-state index in [9.17, 15) is 9.59 Å². The SMILES string of the molecule is Cc1noc(CSc2ccccc2C(=O)OCC(=O)NC2CCCC2)n1. The zero-order valence-corrected chi connectivity index (χ0v) is 15.4. The number of aryl methyl sites for hydroxylation is 1. The molecule has 0 unspecified atom stereocenters. The van der Waals surface area contributed by atoms with Crippen LogP contribution in [0.1, 0.15) is 47.8 Å². The van der Waals surface area contributed by atoms with Crippen molar-refractivity contribution in [2.75, 3.05) is 6.61 Å². The molecule has 0 atom stereocenters. The largest absolute Gasteiger partial charge is 0.452 e. The molecule has 1 saturated carbocycles. The maximum atomic E-state index is 12.4. The van der Waals surface area contributed by atoms with Crippen molar-refractivity contribution < 1.29 is 18.8 Å². The minimum absolute atomic E-state index is 0.210. The van der Waals surface area contributed by atoms with E-state index < -0.39 is 5.97 Å². The van der Waals surface area contributed by atoms with Gasteiger partial charge in [-0.25, -0.2) is 4.79 Å². The summed E-state index contributed by atoms with van der Waals surface area (Å²) < 4.78 is 10.3. The topological polar surface area (TPSA) is 94.3 Å². The Morgan fingerprint density at radius 3 is 2.81 bits per heavy atom. The standard InChI is InChI=1S/C18H21N3O4S/c1-12-19-17(25-21-12)11-26-15-9-5-4-8-14(15)18(23)24-10-16(22)20-13-6-2-3-7-13/h4-5,8-9,13H,2-3,6-7,10-11H2,1H3,(H,20,22). The van der Waals surface area contributed by atoms with Gasteiger partial charge in [0.1, 0.15) is 0 Å². The van der Waals surface area contributed by atoms with E-state index in [0.717, 1.165) is 30.6 Å². The molecule has 1 aromatic carbocycles. The molecule has 3 rings (SSSR count). The maximum Gasteiger partial charge on any atom is 0.339 e. The Bertz CT molecular complexity index is 771. The van der Waals surface area contributed by atoms with Gasteiger partial charge in [-0.1, -0.05) is 30.1 Å². The van der Waals surface area contributed by atoms with E-state index in [1.54, 1.807) is 19.1 Å². The van der Waals surface area contributed by atoms with Gasteiger partial charge in [0.25, 0.3) is 5.91 Å². The van der Waals surface area contributed by atoms with Gasteiger partial charge in [0.2, 0.25) is 5.89 Å². The second-order valence-electron chi connectivity index (χ2n) is 6.15. The molecule has 0 radical (unpaired) electrons. The number of benzene rings is 1. The molecule has 26 heavy (non-hydrogen) atoms. The quantitative estimate of drug-likeness (QED) is 0.587. The summed E-state index contributed by atoms with van der Waals surface area (Å²) in [6.45, 7) is 1.48. The van der Waals surface area contributed by atoms with Crippen molar-refractivity contribution in [1.29, 1.82) is 0 Å². The first kappa shape index (κ1) is 18.4. The molecule has 0 aliphatic heterocycles. The molecule has 0 bridgehead atoms. The number of amides is 1. The zero-order valence-electron chi connectivity index (χ0n) is 14.6. The summed E-state index contributed by atoms with van der Waals surface area (Å²) in [5.74, 6) is 0.745. The predicted molar refractivity (Wildman–Crippen MR) is 95.7 cm³/mol. The number of aromatic nitrogens is 2. The van der Waals surface area contributed by atoms with E-state index in [1.165, 1.54) is 11.8 Å². The van der Waals surface area contributed by atoms with Crippen molar-refractivity contribution in [2.24, 2.45) is 0 Å². The van der Waals surface area contributed by atoms with Crippen LogP contribution in [0, 0.1) is 6.92 Å². The van der Waals surface area contributed by atoms with E-state index in [4.69, 9.17) is 9.26 Å². The Morgan fingerprint density at radius 1 is 1.31 bits per heavy atom. The molecule has 1 heterocycles. The summed E-state index contributed by atoms with van der Waals surface area (Å²) in [5, 5.41) is 6.64. The van der Waals surface area contributed by atoms with Crippen LogP contribution < -0.4 is 5.32 Å². The Balaban J connectivity index is 1.54. The molecule has 0 spiro atoms. The van der Waals surface area contributed by atoms with Crippen molar-refractivity contribution in [3.8, 4) is 0 Å². The van der Waals surface area contributed by atoms with Gasteiger partial charge in [-0.2, -0.15) is 4.98 Å². The van der Waals surface area contributed by atoms with Crippen molar-refractivity contribution in [3.05, 3.63) is 41.5 Å². The van der Waals surface area contributed by atoms with E-state index in [2.05, 4.69) is 15.5 Å². The predicted octanol–water partition coefficient (Wildman–Crippen LogP) is 2.89. The number of carbonyl (C=O) groups excluding carboxylic acids is 2. The van der Waals surface area contributed by atoms with Crippen molar-refractivity contribution in [2.45, 2.75) is 49.3 Å². The summed E-state index contributed by atoms with van der Waals surface area (Å²) in [7, 11) is 0. The molecule has 1 aromatic heterocycles. The van der Waals surface area contributed by atoms with Crippen LogP contribution in [0.5, 0.6) is 0 Å². The molecule has 2 aromatic rings. The third-order valence-corrected chi connectivity index (χ3v) is 5.14. The maximum absolute atomic E-state index is 12.4. The first-order valence-electron chi connectivity index (χ1n) is 8.59. The van der Waals surface area contributed by atoms with Gasteiger partial charge < -0.3 is 14.6 Å². The number of esters is 1. The smallest absolute Gasteiger partial charge is 0.339 e. The highest BCUT2D eigenvalue weighted by Crippen LogP contribution is 2.26. The molecule has 1 aliphatic carbocycles. The van der Waals surface area contributed by atoms with Crippen LogP contribution in [0.4, 0.5) is 0 Å². The molecule has 1 amide bonds. The average molecular weight is 375 g/mol. The van der Waals surface area contributed by atoms with Gasteiger partial charge in [-0.05, 0) is 31.9 Å². The lowest BCUT2D eigenvalue weighted by Gasteiger charge is -2.12. The molecule has 8 heteroatoms. The number of carbonyl (C=O) groups is 2. The summed E-state index contributed by atoms with van der Waals surface area (Å²) in [5.41, 5.74) is 0.419. The summed E-state index contributed by atoms with van der Waals surface area (Å²) in [6.07, 6.45) is 4.26. The van der Waals surface area contributed by atoms with Crippen LogP contribution in [0.15, 0.2) is 33.7 Å². The Kier molecular flexibility index (Phi) is 6.27. The van der Waals surface area contributed by atoms with E-state index in [-0.39, 0.29) is 18.6 Å². The third kappa shape index (κ3) is 5.08. The van der Waals surface area contributed by atoms with Gasteiger partial charge in [0.15, 0.2) is 12.4 Å². The molecular formula is C18H21N3O4S. The van der Waals surface area contributed by atoms with Crippen molar-refractivity contribution in [3.63, 3.8) is 0 Å². The molecule has 1 fully saturated rings. The first-order valence-corrected chi connectivity index (χ1v) is 9.58. The molecule has 138 valence electrons. The number of ether oxygens (including phenoxy) is 1. The van der Waals surface area contributed by atoms with E-state index in [1.807, 2.05) is 12.1 Å². The number of rotatable bonds is 7. The fraction of sp³-hybridized carbons (Fsp3) is 0.444. The molecule has 7 nitrogen and oxygen atoms in total. The minimum atomic E-state index is -0.517. The van der Waals surface area contributed by atoms with E-state index in [0.29, 0.717) is 23.0 Å². The Hall–Kier alpha value is -2.35. The normalized spacial score (nSPS) is 14.3. The number of thioether (sulfide) groups is 1. The highest BCUT2D eigenvalue weighted by Gasteiger charge is 2.19. The van der Waals surface area contributed by atoms with Crippen LogP contribution in [0.2, 0.25) is 0 Å². The summed E-state index contributed by atoms with van der Waals surface area (Å²) in [4.78, 5) is 29.1. The second kappa shape index (κ2) is 8.84. The monoisotopic (exact) mass is 375 g/mol. The van der Waals surface area contributed by atoms with E-state index >= 15 is 0 Å². The molecule has 1 N–H and O–H groups in total. The average Bonchev–Trinajstić information content (AvgIpc) is 3.30. The van der Waals surface area contributed by atoms with Gasteiger partial charge in [-0.15, -0.1) is 11.8 Å². The lowest BCUT2D eigenvalue weighted by Crippen LogP contribution is -2.35. The van der Waals surface area contributed by atoms with Crippen LogP contribution in [-0.2, 0) is 15.3 Å². The first-order chi connectivity index (χ1) is 12.6. The number of nitrogens with zero attached hydrogens (tertiary/aromatic N) is 2. The summed E-state index contributed by atoms with van der Waals surface area (Å²) in [6, 6.07) is 7.31. The van der Waals surface area contributed by atoms with Crippen LogP contribution in [0.25, 0.3) is 0 Å². The van der Waals surface area contributed by atoms with Gasteiger partial charge in [0.05, 0.1) is 11.3 Å². The van der Waals surface area contributed by atoms with Crippen LogP contribution in [-0.4, -0.2) is 34.7 Å². The lowest BCUT2D eigenvalue weighted by molar-refractivity contribution is -0.124. The van der Waals surface area contributed by atoms with Crippen molar-refractivity contribution in [1.82, 2.24) is 15.5 Å². The molecular weight excluding hydrogens is 354 g/mol. The fourth-order valence-electron chi connectivity index (χ4n) is 2.85. The highest BCUT2D eigenvalue weighted by atomic mass is 32.2. The fourth-order valence-corrected chi connectivity index (χ4v) is 3.73. The van der Waals surface area contributed by atoms with Crippen molar-refractivity contribution >= 4 is 23.6 Å². The zero-order chi connectivity index (χ0) is 18.4. The second-order valence-corrected chi connectivity index (χ2v) is 7.16. The van der Waals surface area contributed by atoms with Crippen LogP contribution in [0.3, 0.4) is 0 Å². The lowest BCUT2D eigenvalue weighted by atomic mass is 10.2.